The van der Waals surface area contributed by atoms with E-state index in [-0.39, 0.29) is 22.8 Å². The Morgan fingerprint density at radius 3 is 2.33 bits per heavy atom. The number of aromatic hydroxyl groups is 2. The first-order valence-corrected chi connectivity index (χ1v) is 3.56. The first-order chi connectivity index (χ1) is 5.54. The molecule has 1 aromatic carbocycles. The van der Waals surface area contributed by atoms with Gasteiger partial charge in [0, 0.05) is 0 Å². The molecule has 0 spiro atoms. The summed E-state index contributed by atoms with van der Waals surface area (Å²) in [6.07, 6.45) is 0. The monoisotopic (exact) mass is 166 g/mol. The number of carbonyl (C=O) groups excluding carboxylic acids is 1. The summed E-state index contributed by atoms with van der Waals surface area (Å²) < 4.78 is 0. The molecule has 0 unspecified atom stereocenters. The second kappa shape index (κ2) is 2.85. The highest BCUT2D eigenvalue weighted by Crippen LogP contribution is 2.31. The number of phenols is 2. The van der Waals surface area contributed by atoms with Gasteiger partial charge in [-0.25, -0.2) is 0 Å². The minimum Gasteiger partial charge on any atom is -0.504 e. The average Bonchev–Trinajstić information content (AvgIpc) is 2.00. The lowest BCUT2D eigenvalue weighted by atomic mass is 10.1. The Labute approximate surface area is 70.3 Å². The molecule has 2 N–H and O–H groups in total. The van der Waals surface area contributed by atoms with Crippen LogP contribution < -0.4 is 0 Å². The maximum Gasteiger partial charge on any atom is 0.168 e. The first-order valence-electron chi connectivity index (χ1n) is 3.56. The minimum absolute atomic E-state index is 0.151. The minimum atomic E-state index is -0.331. The first kappa shape index (κ1) is 8.59. The van der Waals surface area contributed by atoms with Gasteiger partial charge >= 0.3 is 0 Å². The molecule has 0 aliphatic carbocycles. The molecule has 1 aromatic rings. The van der Waals surface area contributed by atoms with Crippen LogP contribution in [0.3, 0.4) is 0 Å². The quantitative estimate of drug-likeness (QED) is 0.492. The van der Waals surface area contributed by atoms with Crippen LogP contribution >= 0.6 is 0 Å². The van der Waals surface area contributed by atoms with E-state index in [2.05, 4.69) is 0 Å². The van der Waals surface area contributed by atoms with E-state index in [0.717, 1.165) is 0 Å². The van der Waals surface area contributed by atoms with Gasteiger partial charge in [-0.3, -0.25) is 4.79 Å². The Morgan fingerprint density at radius 2 is 1.83 bits per heavy atom. The molecule has 0 aromatic heterocycles. The Kier molecular flexibility index (Phi) is 2.04. The number of hydrogen-bond donors (Lipinski definition) is 2. The lowest BCUT2D eigenvalue weighted by Crippen LogP contribution is -1.93. The van der Waals surface area contributed by atoms with E-state index in [1.807, 2.05) is 0 Å². The molecule has 0 saturated heterocycles. The summed E-state index contributed by atoms with van der Waals surface area (Å²) in [5.41, 5.74) is 0.704. The molecule has 0 atom stereocenters. The summed E-state index contributed by atoms with van der Waals surface area (Å²) >= 11 is 0. The van der Waals surface area contributed by atoms with Gasteiger partial charge in [0.2, 0.25) is 0 Å². The topological polar surface area (TPSA) is 57.5 Å². The van der Waals surface area contributed by atoms with Crippen molar-refractivity contribution in [1.29, 1.82) is 0 Å². The molecular formula is C9H10O3. The third kappa shape index (κ3) is 1.25. The highest BCUT2D eigenvalue weighted by molar-refractivity contribution is 5.97. The average molecular weight is 166 g/mol. The van der Waals surface area contributed by atoms with Gasteiger partial charge < -0.3 is 10.2 Å². The van der Waals surface area contributed by atoms with Crippen molar-refractivity contribution in [2.24, 2.45) is 0 Å². The van der Waals surface area contributed by atoms with Crippen LogP contribution in [0, 0.1) is 6.92 Å². The van der Waals surface area contributed by atoms with Gasteiger partial charge in [-0.05, 0) is 25.5 Å². The van der Waals surface area contributed by atoms with Crippen LogP contribution in [-0.4, -0.2) is 16.0 Å². The molecule has 0 aliphatic rings. The van der Waals surface area contributed by atoms with Crippen molar-refractivity contribution in [3.8, 4) is 11.5 Å². The second-order valence-corrected chi connectivity index (χ2v) is 2.68. The number of rotatable bonds is 1. The van der Waals surface area contributed by atoms with Crippen molar-refractivity contribution in [3.63, 3.8) is 0 Å². The standard InChI is InChI=1S/C9H10O3/c1-5-3-4-7(6(2)10)9(12)8(5)11/h3-4,11-12H,1-2H3. The second-order valence-electron chi connectivity index (χ2n) is 2.68. The largest absolute Gasteiger partial charge is 0.504 e. The van der Waals surface area contributed by atoms with Gasteiger partial charge in [0.15, 0.2) is 17.3 Å². The Hall–Kier alpha value is -1.51. The van der Waals surface area contributed by atoms with Gasteiger partial charge in [-0.1, -0.05) is 6.07 Å². The van der Waals surface area contributed by atoms with Gasteiger partial charge in [0.25, 0.3) is 0 Å². The Morgan fingerprint density at radius 1 is 1.25 bits per heavy atom. The molecule has 12 heavy (non-hydrogen) atoms. The summed E-state index contributed by atoms with van der Waals surface area (Å²) in [4.78, 5) is 10.9. The van der Waals surface area contributed by atoms with Gasteiger partial charge in [0.1, 0.15) is 0 Å². The van der Waals surface area contributed by atoms with E-state index in [9.17, 15) is 15.0 Å². The van der Waals surface area contributed by atoms with Gasteiger partial charge in [-0.15, -0.1) is 0 Å². The number of phenolic OH excluding ortho intramolecular Hbond substituents is 2. The zero-order valence-electron chi connectivity index (χ0n) is 6.96. The molecule has 64 valence electrons. The van der Waals surface area contributed by atoms with Crippen molar-refractivity contribution in [3.05, 3.63) is 23.3 Å². The fourth-order valence-corrected chi connectivity index (χ4v) is 0.965. The van der Waals surface area contributed by atoms with Crippen LogP contribution in [-0.2, 0) is 0 Å². The summed E-state index contributed by atoms with van der Waals surface area (Å²) in [6.45, 7) is 2.99. The number of aryl methyl sites for hydroxylation is 1. The SMILES string of the molecule is CC(=O)c1ccc(C)c(O)c1O. The molecule has 0 saturated carbocycles. The lowest BCUT2D eigenvalue weighted by molar-refractivity contribution is 0.101. The summed E-state index contributed by atoms with van der Waals surface area (Å²) in [5, 5.41) is 18.5. The molecule has 0 heterocycles. The summed E-state index contributed by atoms with van der Waals surface area (Å²) in [5.74, 6) is -0.812. The predicted octanol–water partition coefficient (Wildman–Crippen LogP) is 1.61. The maximum absolute atomic E-state index is 10.9. The highest BCUT2D eigenvalue weighted by atomic mass is 16.3. The van der Waals surface area contributed by atoms with Crippen molar-refractivity contribution >= 4 is 5.78 Å². The number of carbonyl (C=O) groups is 1. The molecule has 0 amide bonds. The van der Waals surface area contributed by atoms with Crippen molar-refractivity contribution in [2.75, 3.05) is 0 Å². The summed E-state index contributed by atoms with van der Waals surface area (Å²) in [7, 11) is 0. The van der Waals surface area contributed by atoms with E-state index < -0.39 is 0 Å². The van der Waals surface area contributed by atoms with E-state index >= 15 is 0 Å². The number of benzene rings is 1. The smallest absolute Gasteiger partial charge is 0.168 e. The zero-order chi connectivity index (χ0) is 9.30. The number of hydrogen-bond acceptors (Lipinski definition) is 3. The van der Waals surface area contributed by atoms with Crippen LogP contribution in [0.25, 0.3) is 0 Å². The zero-order valence-corrected chi connectivity index (χ0v) is 6.96. The molecule has 3 nitrogen and oxygen atoms in total. The molecule has 0 bridgehead atoms. The van der Waals surface area contributed by atoms with Crippen LogP contribution in [0.2, 0.25) is 0 Å². The third-order valence-electron chi connectivity index (χ3n) is 1.73. The van der Waals surface area contributed by atoms with Crippen molar-refractivity contribution in [2.45, 2.75) is 13.8 Å². The van der Waals surface area contributed by atoms with E-state index in [1.54, 1.807) is 13.0 Å². The number of Topliss-reactive ketones (excluding diaryl/α,β-unsaturated/α-hetero) is 1. The highest BCUT2D eigenvalue weighted by Gasteiger charge is 2.11. The molecule has 0 radical (unpaired) electrons. The fourth-order valence-electron chi connectivity index (χ4n) is 0.965. The molecule has 0 fully saturated rings. The van der Waals surface area contributed by atoms with Crippen molar-refractivity contribution < 1.29 is 15.0 Å². The fraction of sp³-hybridized carbons (Fsp3) is 0.222. The van der Waals surface area contributed by atoms with Crippen LogP contribution in [0.1, 0.15) is 22.8 Å². The molecule has 3 heteroatoms. The van der Waals surface area contributed by atoms with E-state index in [0.29, 0.717) is 5.56 Å². The lowest BCUT2D eigenvalue weighted by Gasteiger charge is -2.04. The van der Waals surface area contributed by atoms with E-state index in [1.165, 1.54) is 13.0 Å². The number of ketones is 1. The van der Waals surface area contributed by atoms with Crippen LogP contribution in [0.15, 0.2) is 12.1 Å². The normalized spacial score (nSPS) is 9.83. The maximum atomic E-state index is 10.9. The van der Waals surface area contributed by atoms with Crippen molar-refractivity contribution in [1.82, 2.24) is 0 Å². The third-order valence-corrected chi connectivity index (χ3v) is 1.73. The molecule has 1 rings (SSSR count). The van der Waals surface area contributed by atoms with E-state index in [4.69, 9.17) is 0 Å². The summed E-state index contributed by atoms with van der Waals surface area (Å²) in [6, 6.07) is 3.08. The molecule has 0 aliphatic heterocycles. The van der Waals surface area contributed by atoms with Gasteiger partial charge in [0.05, 0.1) is 5.56 Å². The van der Waals surface area contributed by atoms with Crippen LogP contribution in [0.4, 0.5) is 0 Å². The Bertz CT molecular complexity index is 329. The predicted molar refractivity (Wildman–Crippen MR) is 44.5 cm³/mol. The van der Waals surface area contributed by atoms with Gasteiger partial charge in [-0.2, -0.15) is 0 Å². The molecular weight excluding hydrogens is 156 g/mol. The Balaban J connectivity index is 3.36. The van der Waals surface area contributed by atoms with Crippen LogP contribution in [0.5, 0.6) is 11.5 Å².